The van der Waals surface area contributed by atoms with Gasteiger partial charge in [-0.25, -0.2) is 0 Å². The normalized spacial score (nSPS) is 23.8. The van der Waals surface area contributed by atoms with Crippen LogP contribution in [-0.4, -0.2) is 35.0 Å². The number of amidine groups is 1. The molecule has 27 heavy (non-hydrogen) atoms. The van der Waals surface area contributed by atoms with Gasteiger partial charge in [-0.15, -0.1) is 0 Å². The van der Waals surface area contributed by atoms with E-state index >= 15 is 0 Å². The van der Waals surface area contributed by atoms with E-state index in [1.165, 1.54) is 13.2 Å². The van der Waals surface area contributed by atoms with Crippen molar-refractivity contribution in [1.82, 2.24) is 0 Å². The van der Waals surface area contributed by atoms with Crippen LogP contribution in [0.15, 0.2) is 11.2 Å². The van der Waals surface area contributed by atoms with E-state index < -0.39 is 28.1 Å². The van der Waals surface area contributed by atoms with Crippen molar-refractivity contribution in [2.24, 2.45) is 5.16 Å². The summed E-state index contributed by atoms with van der Waals surface area (Å²) in [7, 11) is 1.40. The molecule has 0 amide bonds. The highest BCUT2D eigenvalue weighted by Crippen LogP contribution is 2.49. The molecule has 11 heteroatoms. The number of oxime groups is 1. The fraction of sp³-hybridized carbons (Fsp3) is 0.562. The van der Waals surface area contributed by atoms with E-state index in [4.69, 9.17) is 19.0 Å². The van der Waals surface area contributed by atoms with Gasteiger partial charge in [-0.1, -0.05) is 0 Å². The minimum atomic E-state index is -1.21. The maximum absolute atomic E-state index is 11.6. The third kappa shape index (κ3) is 2.93. The molecule has 1 aromatic rings. The molecule has 2 bridgehead atoms. The van der Waals surface area contributed by atoms with Crippen molar-refractivity contribution in [2.45, 2.75) is 50.6 Å². The second kappa shape index (κ2) is 6.65. The van der Waals surface area contributed by atoms with E-state index in [9.17, 15) is 20.2 Å². The van der Waals surface area contributed by atoms with Crippen molar-refractivity contribution in [2.75, 3.05) is 7.11 Å². The number of nitro groups is 2. The Morgan fingerprint density at radius 3 is 2.59 bits per heavy atom. The average molecular weight is 379 g/mol. The van der Waals surface area contributed by atoms with Gasteiger partial charge in [0.15, 0.2) is 22.8 Å². The Bertz CT molecular complexity index is 833. The molecule has 11 nitrogen and oxygen atoms in total. The van der Waals surface area contributed by atoms with Gasteiger partial charge in [-0.3, -0.25) is 15.0 Å². The number of benzene rings is 1. The van der Waals surface area contributed by atoms with Gasteiger partial charge in [0.25, 0.3) is 12.0 Å². The summed E-state index contributed by atoms with van der Waals surface area (Å²) >= 11 is 0. The van der Waals surface area contributed by atoms with Crippen LogP contribution in [0.3, 0.4) is 0 Å². The van der Waals surface area contributed by atoms with Gasteiger partial charge >= 0.3 is 5.84 Å². The monoisotopic (exact) mass is 379 g/mol. The van der Waals surface area contributed by atoms with Crippen molar-refractivity contribution in [3.63, 3.8) is 0 Å². The molecule has 2 aliphatic heterocycles. The number of methoxy groups -OCH3 is 1. The molecule has 0 N–H and O–H groups in total. The zero-order valence-electron chi connectivity index (χ0n) is 14.5. The Kier molecular flexibility index (Phi) is 4.30. The fourth-order valence-electron chi connectivity index (χ4n) is 3.76. The van der Waals surface area contributed by atoms with Gasteiger partial charge in [-0.05, 0) is 30.6 Å². The summed E-state index contributed by atoms with van der Waals surface area (Å²) in [4.78, 5) is 26.6. The van der Waals surface area contributed by atoms with Crippen molar-refractivity contribution in [3.8, 4) is 11.5 Å². The summed E-state index contributed by atoms with van der Waals surface area (Å²) in [6.07, 6.45) is 1.61. The van der Waals surface area contributed by atoms with E-state index in [0.29, 0.717) is 11.3 Å². The Labute approximate surface area is 153 Å². The van der Waals surface area contributed by atoms with Crippen molar-refractivity contribution in [3.05, 3.63) is 37.4 Å². The summed E-state index contributed by atoms with van der Waals surface area (Å²) in [5.41, 5.74) is 0.337. The SMILES string of the molecule is COc1cc([N+](=O)[O-])c2c(c1OC1CCCC1)C[C@@H]1O[C@H]2ON=C1[N+](=O)[O-]. The zero-order valence-corrected chi connectivity index (χ0v) is 14.5. The van der Waals surface area contributed by atoms with Crippen LogP contribution in [0.5, 0.6) is 11.5 Å². The van der Waals surface area contributed by atoms with Crippen LogP contribution in [0, 0.1) is 20.2 Å². The standard InChI is InChI=1S/C16H17N3O8/c1-24-11-7-10(18(20)21)13-9(14(11)25-8-4-2-3-5-8)6-12-15(19(22)23)17-27-16(13)26-12/h7-8,12,16H,2-6H2,1H3/t12-,16-/m0/s1. The highest BCUT2D eigenvalue weighted by atomic mass is 16.8. The van der Waals surface area contributed by atoms with Gasteiger partial charge in [-0.2, -0.15) is 0 Å². The number of nitro benzene ring substituents is 1. The summed E-state index contributed by atoms with van der Waals surface area (Å²) in [6, 6.07) is 1.27. The molecule has 0 aromatic heterocycles. The first kappa shape index (κ1) is 17.5. The predicted octanol–water partition coefficient (Wildman–Crippen LogP) is 2.49. The largest absolute Gasteiger partial charge is 0.493 e. The first-order chi connectivity index (χ1) is 13.0. The summed E-state index contributed by atoms with van der Waals surface area (Å²) in [5, 5.41) is 26.2. The molecule has 4 rings (SSSR count). The van der Waals surface area contributed by atoms with E-state index in [2.05, 4.69) is 5.16 Å². The van der Waals surface area contributed by atoms with Crippen LogP contribution >= 0.6 is 0 Å². The van der Waals surface area contributed by atoms with Crippen molar-refractivity contribution < 1.29 is 28.9 Å². The Morgan fingerprint density at radius 1 is 1.22 bits per heavy atom. The molecule has 0 spiro atoms. The minimum Gasteiger partial charge on any atom is -0.493 e. The Morgan fingerprint density at radius 2 is 1.96 bits per heavy atom. The first-order valence-electron chi connectivity index (χ1n) is 8.58. The van der Waals surface area contributed by atoms with Crippen LogP contribution in [-0.2, 0) is 16.0 Å². The molecule has 1 aromatic carbocycles. The average Bonchev–Trinajstić information content (AvgIpc) is 3.15. The summed E-state index contributed by atoms with van der Waals surface area (Å²) < 4.78 is 17.0. The molecule has 1 fully saturated rings. The number of nitrogens with zero attached hydrogens (tertiary/aromatic N) is 3. The maximum atomic E-state index is 11.6. The van der Waals surface area contributed by atoms with Crippen molar-refractivity contribution >= 4 is 11.5 Å². The minimum absolute atomic E-state index is 0.00903. The molecule has 3 aliphatic rings. The predicted molar refractivity (Wildman–Crippen MR) is 89.4 cm³/mol. The van der Waals surface area contributed by atoms with E-state index in [1.54, 1.807) is 0 Å². The lowest BCUT2D eigenvalue weighted by atomic mass is 9.93. The van der Waals surface area contributed by atoms with Gasteiger partial charge < -0.3 is 24.3 Å². The molecule has 2 heterocycles. The van der Waals surface area contributed by atoms with Gasteiger partial charge in [0.2, 0.25) is 0 Å². The highest BCUT2D eigenvalue weighted by molar-refractivity contribution is 5.80. The second-order valence-electron chi connectivity index (χ2n) is 6.57. The lowest BCUT2D eigenvalue weighted by Crippen LogP contribution is -2.41. The summed E-state index contributed by atoms with van der Waals surface area (Å²) in [5.74, 6) is 0.0950. The molecule has 1 saturated carbocycles. The molecule has 1 aliphatic carbocycles. The molecule has 144 valence electrons. The number of hydrogen-bond acceptors (Lipinski definition) is 9. The van der Waals surface area contributed by atoms with Crippen LogP contribution in [0.1, 0.15) is 43.1 Å². The van der Waals surface area contributed by atoms with Crippen molar-refractivity contribution in [1.29, 1.82) is 0 Å². The van der Waals surface area contributed by atoms with Gasteiger partial charge in [0, 0.05) is 12.0 Å². The molecule has 0 saturated heterocycles. The molecular weight excluding hydrogens is 362 g/mol. The Balaban J connectivity index is 1.84. The number of hydrogen-bond donors (Lipinski definition) is 0. The van der Waals surface area contributed by atoms with Gasteiger partial charge in [0.05, 0.1) is 24.2 Å². The summed E-state index contributed by atoms with van der Waals surface area (Å²) in [6.45, 7) is 0. The smallest absolute Gasteiger partial charge is 0.414 e. The van der Waals surface area contributed by atoms with Crippen LogP contribution < -0.4 is 9.47 Å². The fourth-order valence-corrected chi connectivity index (χ4v) is 3.76. The zero-order chi connectivity index (χ0) is 19.1. The third-order valence-electron chi connectivity index (χ3n) is 5.00. The van der Waals surface area contributed by atoms with E-state index in [0.717, 1.165) is 25.7 Å². The van der Waals surface area contributed by atoms with Crippen LogP contribution in [0.2, 0.25) is 0 Å². The van der Waals surface area contributed by atoms with Crippen LogP contribution in [0.4, 0.5) is 5.69 Å². The second-order valence-corrected chi connectivity index (χ2v) is 6.57. The molecule has 2 atom stereocenters. The third-order valence-corrected chi connectivity index (χ3v) is 5.00. The molecule has 0 unspecified atom stereocenters. The number of ether oxygens (including phenoxy) is 3. The van der Waals surface area contributed by atoms with Crippen LogP contribution in [0.25, 0.3) is 0 Å². The lowest BCUT2D eigenvalue weighted by molar-refractivity contribution is -0.391. The number of rotatable bonds is 4. The van der Waals surface area contributed by atoms with Gasteiger partial charge in [0.1, 0.15) is 5.56 Å². The number of fused-ring (bicyclic) bond motifs is 4. The molecule has 0 radical (unpaired) electrons. The quantitative estimate of drug-likeness (QED) is 0.575. The first-order valence-corrected chi connectivity index (χ1v) is 8.58. The topological polar surface area (TPSA) is 136 Å². The lowest BCUT2D eigenvalue weighted by Gasteiger charge is -2.31. The highest BCUT2D eigenvalue weighted by Gasteiger charge is 2.48. The van der Waals surface area contributed by atoms with E-state index in [1.807, 2.05) is 0 Å². The maximum Gasteiger partial charge on any atom is 0.414 e. The molecular formula is C16H17N3O8. The van der Waals surface area contributed by atoms with E-state index in [-0.39, 0.29) is 29.5 Å². The Hall–Kier alpha value is -2.95.